The highest BCUT2D eigenvalue weighted by Crippen LogP contribution is 2.19. The molecule has 1 fully saturated rings. The Hall–Kier alpha value is -0.710. The molecule has 0 aromatic carbocycles. The summed E-state index contributed by atoms with van der Waals surface area (Å²) in [5.41, 5.74) is 0. The van der Waals surface area contributed by atoms with E-state index in [1.807, 2.05) is 6.92 Å². The topological polar surface area (TPSA) is 57.6 Å². The maximum absolute atomic E-state index is 11.3. The lowest BCUT2D eigenvalue weighted by Gasteiger charge is -2.20. The van der Waals surface area contributed by atoms with E-state index in [0.29, 0.717) is 19.4 Å². The molecule has 5 heteroatoms. The van der Waals surface area contributed by atoms with Gasteiger partial charge in [0, 0.05) is 18.7 Å². The summed E-state index contributed by atoms with van der Waals surface area (Å²) in [7, 11) is 0. The molecule has 0 bridgehead atoms. The molecule has 0 radical (unpaired) electrons. The fourth-order valence-electron chi connectivity index (χ4n) is 1.58. The van der Waals surface area contributed by atoms with Crippen molar-refractivity contribution in [3.8, 4) is 0 Å². The van der Waals surface area contributed by atoms with E-state index in [0.717, 1.165) is 11.5 Å². The molecule has 0 saturated carbocycles. The van der Waals surface area contributed by atoms with Crippen molar-refractivity contribution in [1.82, 2.24) is 4.90 Å². The fraction of sp³-hybridized carbons (Fsp3) is 0.778. The summed E-state index contributed by atoms with van der Waals surface area (Å²) in [6, 6.07) is -0.583. The summed E-state index contributed by atoms with van der Waals surface area (Å²) < 4.78 is 0. The number of nitrogens with zero attached hydrogens (tertiary/aromatic N) is 1. The molecule has 0 aromatic heterocycles. The van der Waals surface area contributed by atoms with Gasteiger partial charge in [0.15, 0.2) is 0 Å². The van der Waals surface area contributed by atoms with Crippen LogP contribution in [0.1, 0.15) is 19.8 Å². The van der Waals surface area contributed by atoms with Crippen molar-refractivity contribution in [3.05, 3.63) is 0 Å². The zero-order chi connectivity index (χ0) is 10.6. The second-order valence-corrected chi connectivity index (χ2v) is 4.57. The number of carboxylic acids is 1. The third-order valence-electron chi connectivity index (χ3n) is 2.29. The fourth-order valence-corrected chi connectivity index (χ4v) is 2.19. The second-order valence-electron chi connectivity index (χ2n) is 3.18. The number of rotatable bonds is 5. The van der Waals surface area contributed by atoms with Crippen molar-refractivity contribution in [2.45, 2.75) is 25.8 Å². The Morgan fingerprint density at radius 1 is 1.71 bits per heavy atom. The highest BCUT2D eigenvalue weighted by molar-refractivity contribution is 7.99. The van der Waals surface area contributed by atoms with Gasteiger partial charge in [-0.25, -0.2) is 4.79 Å². The predicted octanol–water partition coefficient (Wildman–Crippen LogP) is 0.815. The van der Waals surface area contributed by atoms with Crippen LogP contribution < -0.4 is 0 Å². The minimum absolute atomic E-state index is 0.0193. The Morgan fingerprint density at radius 3 is 3.00 bits per heavy atom. The third kappa shape index (κ3) is 2.64. The van der Waals surface area contributed by atoms with Crippen LogP contribution >= 0.6 is 11.8 Å². The van der Waals surface area contributed by atoms with Gasteiger partial charge in [0.1, 0.15) is 6.04 Å². The van der Waals surface area contributed by atoms with E-state index < -0.39 is 12.0 Å². The minimum Gasteiger partial charge on any atom is -0.480 e. The van der Waals surface area contributed by atoms with E-state index >= 15 is 0 Å². The summed E-state index contributed by atoms with van der Waals surface area (Å²) in [6.07, 6.45) is 0.846. The molecule has 1 atom stereocenters. The monoisotopic (exact) mass is 217 g/mol. The lowest BCUT2D eigenvalue weighted by atomic mass is 10.2. The van der Waals surface area contributed by atoms with Crippen molar-refractivity contribution >= 4 is 23.6 Å². The molecule has 0 spiro atoms. The predicted molar refractivity (Wildman–Crippen MR) is 55.4 cm³/mol. The highest BCUT2D eigenvalue weighted by Gasteiger charge is 2.35. The van der Waals surface area contributed by atoms with Crippen molar-refractivity contribution < 1.29 is 14.7 Å². The number of aliphatic carboxylic acids is 1. The summed E-state index contributed by atoms with van der Waals surface area (Å²) in [5.74, 6) is 0.928. The Morgan fingerprint density at radius 2 is 2.43 bits per heavy atom. The lowest BCUT2D eigenvalue weighted by Crippen LogP contribution is -2.39. The van der Waals surface area contributed by atoms with E-state index in [2.05, 4.69) is 0 Å². The van der Waals surface area contributed by atoms with Gasteiger partial charge in [0.25, 0.3) is 0 Å². The molecule has 1 aliphatic rings. The van der Waals surface area contributed by atoms with Crippen molar-refractivity contribution in [2.75, 3.05) is 18.1 Å². The van der Waals surface area contributed by atoms with Crippen LogP contribution in [0.15, 0.2) is 0 Å². The standard InChI is InChI=1S/C9H15NO3S/c1-2-14-6-5-10-7(9(12)13)3-4-8(10)11/h7H,2-6H2,1H3,(H,12,13). The average molecular weight is 217 g/mol. The molecule has 1 N–H and O–H groups in total. The van der Waals surface area contributed by atoms with Crippen LogP contribution in [0, 0.1) is 0 Å². The van der Waals surface area contributed by atoms with Gasteiger partial charge in [-0.15, -0.1) is 0 Å². The van der Waals surface area contributed by atoms with Crippen LogP contribution in [0.25, 0.3) is 0 Å². The molecular weight excluding hydrogens is 202 g/mol. The number of likely N-dealkylation sites (tertiary alicyclic amines) is 1. The van der Waals surface area contributed by atoms with E-state index in [4.69, 9.17) is 5.11 Å². The first-order chi connectivity index (χ1) is 6.66. The van der Waals surface area contributed by atoms with Crippen molar-refractivity contribution in [3.63, 3.8) is 0 Å². The average Bonchev–Trinajstić information content (AvgIpc) is 2.48. The Balaban J connectivity index is 2.45. The molecule has 4 nitrogen and oxygen atoms in total. The second kappa shape index (κ2) is 5.24. The van der Waals surface area contributed by atoms with E-state index in [1.54, 1.807) is 11.8 Å². The van der Waals surface area contributed by atoms with Crippen LogP contribution in [0.4, 0.5) is 0 Å². The maximum Gasteiger partial charge on any atom is 0.326 e. The van der Waals surface area contributed by atoms with Crippen LogP contribution in [0.5, 0.6) is 0 Å². The molecule has 1 saturated heterocycles. The lowest BCUT2D eigenvalue weighted by molar-refractivity contribution is -0.146. The number of carbonyl (C=O) groups excluding carboxylic acids is 1. The number of carboxylic acid groups (broad SMARTS) is 1. The molecule has 1 rings (SSSR count). The molecule has 1 unspecified atom stereocenters. The first kappa shape index (κ1) is 11.4. The number of hydrogen-bond donors (Lipinski definition) is 1. The Kier molecular flexibility index (Phi) is 4.25. The SMILES string of the molecule is CCSCCN1C(=O)CCC1C(=O)O. The van der Waals surface area contributed by atoms with Gasteiger partial charge in [-0.3, -0.25) is 4.79 Å². The quantitative estimate of drug-likeness (QED) is 0.692. The number of amides is 1. The maximum atomic E-state index is 11.3. The van der Waals surface area contributed by atoms with E-state index in [1.165, 1.54) is 4.90 Å². The van der Waals surface area contributed by atoms with Gasteiger partial charge in [0.2, 0.25) is 5.91 Å². The number of hydrogen-bond acceptors (Lipinski definition) is 3. The molecule has 1 amide bonds. The van der Waals surface area contributed by atoms with E-state index in [-0.39, 0.29) is 5.91 Å². The van der Waals surface area contributed by atoms with Gasteiger partial charge in [0.05, 0.1) is 0 Å². The van der Waals surface area contributed by atoms with Crippen molar-refractivity contribution in [2.24, 2.45) is 0 Å². The van der Waals surface area contributed by atoms with Crippen LogP contribution in [-0.2, 0) is 9.59 Å². The molecule has 0 aromatic rings. The van der Waals surface area contributed by atoms with Gasteiger partial charge in [-0.05, 0) is 12.2 Å². The molecular formula is C9H15NO3S. The smallest absolute Gasteiger partial charge is 0.326 e. The largest absolute Gasteiger partial charge is 0.480 e. The minimum atomic E-state index is -0.877. The molecule has 1 aliphatic heterocycles. The zero-order valence-corrected chi connectivity index (χ0v) is 9.05. The van der Waals surface area contributed by atoms with Gasteiger partial charge >= 0.3 is 5.97 Å². The number of thioether (sulfide) groups is 1. The summed E-state index contributed by atoms with van der Waals surface area (Å²) in [4.78, 5) is 23.6. The first-order valence-electron chi connectivity index (χ1n) is 4.76. The van der Waals surface area contributed by atoms with Crippen LogP contribution in [0.2, 0.25) is 0 Å². The first-order valence-corrected chi connectivity index (χ1v) is 5.92. The summed E-state index contributed by atoms with van der Waals surface area (Å²) >= 11 is 1.72. The number of carbonyl (C=O) groups is 2. The van der Waals surface area contributed by atoms with Crippen molar-refractivity contribution in [1.29, 1.82) is 0 Å². The van der Waals surface area contributed by atoms with Gasteiger partial charge < -0.3 is 10.0 Å². The van der Waals surface area contributed by atoms with E-state index in [9.17, 15) is 9.59 Å². The molecule has 14 heavy (non-hydrogen) atoms. The zero-order valence-electron chi connectivity index (χ0n) is 8.23. The third-order valence-corrected chi connectivity index (χ3v) is 3.17. The molecule has 0 aliphatic carbocycles. The van der Waals surface area contributed by atoms with Crippen LogP contribution in [-0.4, -0.2) is 46.0 Å². The normalized spacial score (nSPS) is 21.6. The Labute approximate surface area is 87.7 Å². The van der Waals surface area contributed by atoms with Gasteiger partial charge in [-0.1, -0.05) is 6.92 Å². The molecule has 1 heterocycles. The Bertz CT molecular complexity index is 232. The summed E-state index contributed by atoms with van der Waals surface area (Å²) in [5, 5.41) is 8.86. The summed E-state index contributed by atoms with van der Waals surface area (Å²) in [6.45, 7) is 2.61. The van der Waals surface area contributed by atoms with Crippen LogP contribution in [0.3, 0.4) is 0 Å². The molecule has 80 valence electrons. The van der Waals surface area contributed by atoms with Gasteiger partial charge in [-0.2, -0.15) is 11.8 Å². The highest BCUT2D eigenvalue weighted by atomic mass is 32.2.